The van der Waals surface area contributed by atoms with Crippen molar-refractivity contribution in [3.05, 3.63) is 109 Å². The van der Waals surface area contributed by atoms with E-state index in [9.17, 15) is 14.4 Å². The summed E-state index contributed by atoms with van der Waals surface area (Å²) in [6.07, 6.45) is 0. The van der Waals surface area contributed by atoms with Crippen LogP contribution in [0.15, 0.2) is 75.9 Å². The molecule has 5 rings (SSSR count). The van der Waals surface area contributed by atoms with Gasteiger partial charge < -0.3 is 9.15 Å². The Kier molecular flexibility index (Phi) is 5.63. The Bertz CT molecular complexity index is 1510. The largest absolute Gasteiger partial charge is 0.462 e. The molecule has 6 nitrogen and oxygen atoms in total. The number of halogens is 2. The molecule has 0 radical (unpaired) electrons. The quantitative estimate of drug-likeness (QED) is 0.324. The second-order valence-electron chi connectivity index (χ2n) is 7.71. The standard InChI is InChI=1S/C26H17Cl2NO5/c1-2-33-26(32)14-6-9-18(10-7-14)29-22(15-4-3-5-16(27)12-15)21-23(30)19-13-17(28)8-11-20(19)34-24(21)25(29)31/h3-13,22H,2H2,1H3. The van der Waals surface area contributed by atoms with Gasteiger partial charge in [-0.15, -0.1) is 0 Å². The lowest BCUT2D eigenvalue weighted by Gasteiger charge is -2.25. The van der Waals surface area contributed by atoms with Gasteiger partial charge in [0.2, 0.25) is 5.76 Å². The molecule has 34 heavy (non-hydrogen) atoms. The minimum absolute atomic E-state index is 0.0423. The number of rotatable bonds is 4. The Balaban J connectivity index is 1.71. The van der Waals surface area contributed by atoms with Crippen LogP contribution in [0.2, 0.25) is 10.0 Å². The highest BCUT2D eigenvalue weighted by Crippen LogP contribution is 2.41. The Morgan fingerprint density at radius 3 is 2.44 bits per heavy atom. The number of anilines is 1. The van der Waals surface area contributed by atoms with E-state index >= 15 is 0 Å². The summed E-state index contributed by atoms with van der Waals surface area (Å²) < 4.78 is 11.0. The van der Waals surface area contributed by atoms with Crippen LogP contribution in [0.5, 0.6) is 0 Å². The van der Waals surface area contributed by atoms with Crippen LogP contribution in [0, 0.1) is 0 Å². The second kappa shape index (κ2) is 8.63. The number of fused-ring (bicyclic) bond motifs is 2. The number of amides is 1. The van der Waals surface area contributed by atoms with E-state index in [4.69, 9.17) is 32.4 Å². The second-order valence-corrected chi connectivity index (χ2v) is 8.59. The van der Waals surface area contributed by atoms with Crippen molar-refractivity contribution in [3.63, 3.8) is 0 Å². The summed E-state index contributed by atoms with van der Waals surface area (Å²) in [6, 6.07) is 17.3. The van der Waals surface area contributed by atoms with Crippen molar-refractivity contribution in [2.24, 2.45) is 0 Å². The molecular weight excluding hydrogens is 477 g/mol. The fourth-order valence-electron chi connectivity index (χ4n) is 4.18. The van der Waals surface area contributed by atoms with Gasteiger partial charge in [-0.2, -0.15) is 0 Å². The van der Waals surface area contributed by atoms with E-state index in [0.29, 0.717) is 26.9 Å². The maximum absolute atomic E-state index is 13.6. The van der Waals surface area contributed by atoms with Crippen LogP contribution in [-0.4, -0.2) is 18.5 Å². The normalized spacial score (nSPS) is 15.0. The highest BCUT2D eigenvalue weighted by atomic mass is 35.5. The van der Waals surface area contributed by atoms with Crippen LogP contribution in [0.3, 0.4) is 0 Å². The third kappa shape index (κ3) is 3.65. The monoisotopic (exact) mass is 493 g/mol. The molecule has 0 saturated heterocycles. The third-order valence-corrected chi connectivity index (χ3v) is 6.12. The van der Waals surface area contributed by atoms with Gasteiger partial charge in [0.15, 0.2) is 5.43 Å². The Morgan fingerprint density at radius 1 is 1.00 bits per heavy atom. The molecule has 1 atom stereocenters. The van der Waals surface area contributed by atoms with Gasteiger partial charge in [0.25, 0.3) is 5.91 Å². The van der Waals surface area contributed by atoms with Gasteiger partial charge in [-0.25, -0.2) is 4.79 Å². The minimum atomic E-state index is -0.783. The predicted octanol–water partition coefficient (Wildman–Crippen LogP) is 6.03. The SMILES string of the molecule is CCOC(=O)c1ccc(N2C(=O)c3oc4ccc(Cl)cc4c(=O)c3C2c2cccc(Cl)c2)cc1. The zero-order chi connectivity index (χ0) is 24.0. The molecular formula is C26H17Cl2NO5. The van der Waals surface area contributed by atoms with Gasteiger partial charge in [0, 0.05) is 15.7 Å². The van der Waals surface area contributed by atoms with Gasteiger partial charge in [-0.3, -0.25) is 14.5 Å². The Hall–Kier alpha value is -3.61. The van der Waals surface area contributed by atoms with Crippen LogP contribution in [0.25, 0.3) is 11.0 Å². The van der Waals surface area contributed by atoms with E-state index in [2.05, 4.69) is 0 Å². The molecule has 2 heterocycles. The number of ether oxygens (including phenoxy) is 1. The Morgan fingerprint density at radius 2 is 1.74 bits per heavy atom. The van der Waals surface area contributed by atoms with Crippen LogP contribution in [0.4, 0.5) is 5.69 Å². The summed E-state index contributed by atoms with van der Waals surface area (Å²) in [5.74, 6) is -0.978. The summed E-state index contributed by atoms with van der Waals surface area (Å²) in [7, 11) is 0. The molecule has 1 aliphatic heterocycles. The van der Waals surface area contributed by atoms with Gasteiger partial charge in [-0.1, -0.05) is 35.3 Å². The van der Waals surface area contributed by atoms with Crippen molar-refractivity contribution in [2.75, 3.05) is 11.5 Å². The molecule has 0 bridgehead atoms. The molecule has 0 spiro atoms. The average molecular weight is 494 g/mol. The molecule has 4 aromatic rings. The van der Waals surface area contributed by atoms with Gasteiger partial charge in [0.1, 0.15) is 5.58 Å². The lowest BCUT2D eigenvalue weighted by Crippen LogP contribution is -2.29. The lowest BCUT2D eigenvalue weighted by molar-refractivity contribution is 0.0526. The summed E-state index contributed by atoms with van der Waals surface area (Å²) >= 11 is 12.4. The predicted molar refractivity (Wildman–Crippen MR) is 130 cm³/mol. The number of carbonyl (C=O) groups excluding carboxylic acids is 2. The summed E-state index contributed by atoms with van der Waals surface area (Å²) in [6.45, 7) is 1.98. The maximum atomic E-state index is 13.6. The fraction of sp³-hybridized carbons (Fsp3) is 0.115. The molecule has 0 aliphatic carbocycles. The molecule has 3 aromatic carbocycles. The van der Waals surface area contributed by atoms with Crippen LogP contribution >= 0.6 is 23.2 Å². The number of hydrogen-bond donors (Lipinski definition) is 0. The van der Waals surface area contributed by atoms with Gasteiger partial charge >= 0.3 is 5.97 Å². The van der Waals surface area contributed by atoms with Crippen molar-refractivity contribution in [2.45, 2.75) is 13.0 Å². The molecule has 1 aromatic heterocycles. The van der Waals surface area contributed by atoms with E-state index in [-0.39, 0.29) is 34.3 Å². The number of esters is 1. The average Bonchev–Trinajstić information content (AvgIpc) is 3.12. The summed E-state index contributed by atoms with van der Waals surface area (Å²) in [5, 5.41) is 1.13. The van der Waals surface area contributed by atoms with E-state index in [1.165, 1.54) is 11.0 Å². The van der Waals surface area contributed by atoms with Crippen LogP contribution < -0.4 is 10.3 Å². The van der Waals surface area contributed by atoms with Crippen molar-refractivity contribution >= 4 is 51.7 Å². The van der Waals surface area contributed by atoms with Gasteiger partial charge in [0.05, 0.1) is 29.2 Å². The number of carbonyl (C=O) groups is 2. The summed E-state index contributed by atoms with van der Waals surface area (Å²) in [5.41, 5.74) is 1.60. The first kappa shape index (κ1) is 22.2. The van der Waals surface area contributed by atoms with E-state index < -0.39 is 17.9 Å². The van der Waals surface area contributed by atoms with Crippen molar-refractivity contribution in [1.29, 1.82) is 0 Å². The topological polar surface area (TPSA) is 76.8 Å². The fourth-order valence-corrected chi connectivity index (χ4v) is 4.55. The number of benzene rings is 3. The maximum Gasteiger partial charge on any atom is 0.338 e. The smallest absolute Gasteiger partial charge is 0.338 e. The molecule has 1 aliphatic rings. The number of nitrogens with zero attached hydrogens (tertiary/aromatic N) is 1. The third-order valence-electron chi connectivity index (χ3n) is 5.65. The van der Waals surface area contributed by atoms with E-state index in [1.54, 1.807) is 67.6 Å². The van der Waals surface area contributed by atoms with Gasteiger partial charge in [-0.05, 0) is 67.1 Å². The molecule has 170 valence electrons. The highest BCUT2D eigenvalue weighted by molar-refractivity contribution is 6.31. The molecule has 0 saturated carbocycles. The van der Waals surface area contributed by atoms with Crippen molar-refractivity contribution in [1.82, 2.24) is 0 Å². The molecule has 1 amide bonds. The van der Waals surface area contributed by atoms with Crippen molar-refractivity contribution in [3.8, 4) is 0 Å². The lowest BCUT2D eigenvalue weighted by atomic mass is 9.98. The first-order valence-electron chi connectivity index (χ1n) is 10.5. The molecule has 0 fully saturated rings. The molecule has 1 unspecified atom stereocenters. The van der Waals surface area contributed by atoms with E-state index in [0.717, 1.165) is 0 Å². The molecule has 0 N–H and O–H groups in total. The minimum Gasteiger partial charge on any atom is -0.462 e. The van der Waals surface area contributed by atoms with E-state index in [1.807, 2.05) is 0 Å². The summed E-state index contributed by atoms with van der Waals surface area (Å²) in [4.78, 5) is 40.7. The first-order chi connectivity index (χ1) is 16.4. The highest BCUT2D eigenvalue weighted by Gasteiger charge is 2.43. The van der Waals surface area contributed by atoms with Crippen molar-refractivity contribution < 1.29 is 18.7 Å². The Labute approximate surface area is 204 Å². The zero-order valence-corrected chi connectivity index (χ0v) is 19.4. The number of hydrogen-bond acceptors (Lipinski definition) is 5. The zero-order valence-electron chi connectivity index (χ0n) is 17.9. The van der Waals surface area contributed by atoms with Crippen LogP contribution in [0.1, 0.15) is 45.0 Å². The first-order valence-corrected chi connectivity index (χ1v) is 11.3. The molecule has 8 heteroatoms. The van der Waals surface area contributed by atoms with Crippen LogP contribution in [-0.2, 0) is 4.74 Å².